The van der Waals surface area contributed by atoms with Crippen LogP contribution in [-0.2, 0) is 7.05 Å². The maximum absolute atomic E-state index is 12.4. The summed E-state index contributed by atoms with van der Waals surface area (Å²) >= 11 is 1.58. The monoisotopic (exact) mass is 284 g/mol. The summed E-state index contributed by atoms with van der Waals surface area (Å²) in [5.74, 6) is 0. The van der Waals surface area contributed by atoms with Crippen molar-refractivity contribution in [2.24, 2.45) is 7.05 Å². The van der Waals surface area contributed by atoms with Gasteiger partial charge in [-0.2, -0.15) is 0 Å². The Morgan fingerprint density at radius 1 is 1.15 bits per heavy atom. The molecule has 0 bridgehead atoms. The highest BCUT2D eigenvalue weighted by atomic mass is 32.1. The second-order valence-electron chi connectivity index (χ2n) is 5.17. The molecular weight excluding hydrogens is 268 g/mol. The van der Waals surface area contributed by atoms with Crippen molar-refractivity contribution in [2.45, 2.75) is 20.8 Å². The largest absolute Gasteiger partial charge is 0.302 e. The zero-order valence-corrected chi connectivity index (χ0v) is 12.8. The van der Waals surface area contributed by atoms with Crippen molar-refractivity contribution in [1.82, 2.24) is 9.55 Å². The van der Waals surface area contributed by atoms with E-state index in [-0.39, 0.29) is 5.56 Å². The van der Waals surface area contributed by atoms with Crippen LogP contribution in [0.25, 0.3) is 21.3 Å². The normalized spacial score (nSPS) is 11.2. The van der Waals surface area contributed by atoms with Gasteiger partial charge in [-0.15, -0.1) is 11.3 Å². The Morgan fingerprint density at radius 2 is 1.90 bits per heavy atom. The Hall–Kier alpha value is -1.94. The van der Waals surface area contributed by atoms with Crippen molar-refractivity contribution < 1.29 is 0 Å². The standard InChI is InChI=1S/C16H16N2OS/c1-9-5-6-12(7-10(9)2)13-11(3)20-15-14(13)16(19)18(4)8-17-15/h5-8H,1-4H3. The highest BCUT2D eigenvalue weighted by molar-refractivity contribution is 7.19. The van der Waals surface area contributed by atoms with Gasteiger partial charge < -0.3 is 4.57 Å². The minimum absolute atomic E-state index is 0.0209. The number of hydrogen-bond acceptors (Lipinski definition) is 3. The third-order valence-electron chi connectivity index (χ3n) is 3.74. The second kappa shape index (κ2) is 4.56. The summed E-state index contributed by atoms with van der Waals surface area (Å²) in [4.78, 5) is 18.7. The molecule has 0 aliphatic heterocycles. The first-order valence-corrected chi connectivity index (χ1v) is 7.33. The van der Waals surface area contributed by atoms with Gasteiger partial charge in [-0.1, -0.05) is 18.2 Å². The topological polar surface area (TPSA) is 34.9 Å². The molecule has 2 aromatic heterocycles. The molecule has 20 heavy (non-hydrogen) atoms. The molecule has 0 saturated carbocycles. The van der Waals surface area contributed by atoms with Crippen LogP contribution in [-0.4, -0.2) is 9.55 Å². The van der Waals surface area contributed by atoms with Gasteiger partial charge in [-0.05, 0) is 37.5 Å². The Kier molecular flexibility index (Phi) is 2.98. The van der Waals surface area contributed by atoms with Crippen LogP contribution in [0.1, 0.15) is 16.0 Å². The van der Waals surface area contributed by atoms with Crippen LogP contribution in [0.3, 0.4) is 0 Å². The number of aromatic nitrogens is 2. The van der Waals surface area contributed by atoms with Crippen molar-refractivity contribution in [2.75, 3.05) is 0 Å². The lowest BCUT2D eigenvalue weighted by atomic mass is 9.99. The molecule has 4 heteroatoms. The van der Waals surface area contributed by atoms with Crippen molar-refractivity contribution >= 4 is 21.6 Å². The van der Waals surface area contributed by atoms with Gasteiger partial charge in [0.1, 0.15) is 4.83 Å². The number of nitrogens with zero attached hydrogens (tertiary/aromatic N) is 2. The first-order chi connectivity index (χ1) is 9.49. The molecule has 0 radical (unpaired) electrons. The van der Waals surface area contributed by atoms with E-state index in [9.17, 15) is 4.79 Å². The molecule has 0 aliphatic rings. The molecule has 0 N–H and O–H groups in total. The molecule has 2 heterocycles. The lowest BCUT2D eigenvalue weighted by Crippen LogP contribution is -2.16. The molecule has 0 spiro atoms. The maximum Gasteiger partial charge on any atom is 0.262 e. The van der Waals surface area contributed by atoms with Gasteiger partial charge in [0.25, 0.3) is 5.56 Å². The Balaban J connectivity index is 2.41. The Labute approximate surface area is 121 Å². The van der Waals surface area contributed by atoms with Gasteiger partial charge in [0.15, 0.2) is 0 Å². The summed E-state index contributed by atoms with van der Waals surface area (Å²) < 4.78 is 1.54. The molecule has 0 amide bonds. The van der Waals surface area contributed by atoms with E-state index in [0.717, 1.165) is 26.2 Å². The van der Waals surface area contributed by atoms with E-state index in [2.05, 4.69) is 44.0 Å². The van der Waals surface area contributed by atoms with Gasteiger partial charge in [0.2, 0.25) is 0 Å². The fourth-order valence-corrected chi connectivity index (χ4v) is 3.43. The SMILES string of the molecule is Cc1ccc(-c2c(C)sc3ncn(C)c(=O)c23)cc1C. The van der Waals surface area contributed by atoms with Gasteiger partial charge in [-0.25, -0.2) is 4.98 Å². The minimum atomic E-state index is 0.0209. The van der Waals surface area contributed by atoms with E-state index in [1.54, 1.807) is 29.3 Å². The van der Waals surface area contributed by atoms with Crippen LogP contribution in [0, 0.1) is 20.8 Å². The zero-order valence-electron chi connectivity index (χ0n) is 12.0. The van der Waals surface area contributed by atoms with E-state index in [1.165, 1.54) is 11.1 Å². The lowest BCUT2D eigenvalue weighted by Gasteiger charge is -2.06. The maximum atomic E-state index is 12.4. The number of hydrogen-bond donors (Lipinski definition) is 0. The van der Waals surface area contributed by atoms with Crippen LogP contribution in [0.4, 0.5) is 0 Å². The van der Waals surface area contributed by atoms with Crippen molar-refractivity contribution in [3.63, 3.8) is 0 Å². The number of benzene rings is 1. The molecule has 1 aromatic carbocycles. The van der Waals surface area contributed by atoms with Gasteiger partial charge >= 0.3 is 0 Å². The summed E-state index contributed by atoms with van der Waals surface area (Å²) in [6.07, 6.45) is 1.59. The highest BCUT2D eigenvalue weighted by Gasteiger charge is 2.16. The average molecular weight is 284 g/mol. The average Bonchev–Trinajstić information content (AvgIpc) is 2.74. The van der Waals surface area contributed by atoms with E-state index in [1.807, 2.05) is 0 Å². The number of aryl methyl sites for hydroxylation is 4. The predicted octanol–water partition coefficient (Wildman–Crippen LogP) is 3.59. The van der Waals surface area contributed by atoms with Crippen molar-refractivity contribution in [1.29, 1.82) is 0 Å². The summed E-state index contributed by atoms with van der Waals surface area (Å²) in [7, 11) is 1.74. The van der Waals surface area contributed by atoms with Crippen LogP contribution >= 0.6 is 11.3 Å². The molecule has 0 aliphatic carbocycles. The highest BCUT2D eigenvalue weighted by Crippen LogP contribution is 2.35. The first kappa shape index (κ1) is 13.1. The smallest absolute Gasteiger partial charge is 0.262 e. The third kappa shape index (κ3) is 1.88. The number of rotatable bonds is 1. The zero-order chi connectivity index (χ0) is 14.4. The Morgan fingerprint density at radius 3 is 2.60 bits per heavy atom. The molecule has 0 unspecified atom stereocenters. The fourth-order valence-electron chi connectivity index (χ4n) is 2.43. The van der Waals surface area contributed by atoms with E-state index < -0.39 is 0 Å². The van der Waals surface area contributed by atoms with E-state index in [4.69, 9.17) is 0 Å². The summed E-state index contributed by atoms with van der Waals surface area (Å²) in [5, 5.41) is 0.737. The quantitative estimate of drug-likeness (QED) is 0.684. The fraction of sp³-hybridized carbons (Fsp3) is 0.250. The summed E-state index contributed by atoms with van der Waals surface area (Å²) in [6.45, 7) is 6.24. The molecular formula is C16H16N2OS. The van der Waals surface area contributed by atoms with Crippen molar-refractivity contribution in [3.8, 4) is 11.1 Å². The molecule has 0 atom stereocenters. The third-order valence-corrected chi connectivity index (χ3v) is 4.76. The molecule has 3 rings (SSSR count). The summed E-state index contributed by atoms with van der Waals surface area (Å²) in [5.41, 5.74) is 4.65. The molecule has 102 valence electrons. The molecule has 0 fully saturated rings. The lowest BCUT2D eigenvalue weighted by molar-refractivity contribution is 0.845. The van der Waals surface area contributed by atoms with Gasteiger partial charge in [0.05, 0.1) is 11.7 Å². The first-order valence-electron chi connectivity index (χ1n) is 6.51. The van der Waals surface area contributed by atoms with E-state index in [0.29, 0.717) is 0 Å². The number of fused-ring (bicyclic) bond motifs is 1. The summed E-state index contributed by atoms with van der Waals surface area (Å²) in [6, 6.07) is 6.34. The van der Waals surface area contributed by atoms with Gasteiger partial charge in [0, 0.05) is 17.5 Å². The number of thiophene rings is 1. The van der Waals surface area contributed by atoms with Gasteiger partial charge in [-0.3, -0.25) is 4.79 Å². The molecule has 3 aromatic rings. The van der Waals surface area contributed by atoms with Crippen LogP contribution in [0.15, 0.2) is 29.3 Å². The second-order valence-corrected chi connectivity index (χ2v) is 6.38. The minimum Gasteiger partial charge on any atom is -0.302 e. The predicted molar refractivity (Wildman–Crippen MR) is 84.5 cm³/mol. The Bertz CT molecular complexity index is 874. The van der Waals surface area contributed by atoms with Crippen LogP contribution < -0.4 is 5.56 Å². The van der Waals surface area contributed by atoms with Crippen molar-refractivity contribution in [3.05, 3.63) is 50.9 Å². The van der Waals surface area contributed by atoms with E-state index >= 15 is 0 Å². The van der Waals surface area contributed by atoms with Crippen LogP contribution in [0.5, 0.6) is 0 Å². The van der Waals surface area contributed by atoms with Crippen LogP contribution in [0.2, 0.25) is 0 Å². The molecule has 0 saturated heterocycles. The molecule has 3 nitrogen and oxygen atoms in total.